The Labute approximate surface area is 135 Å². The minimum absolute atomic E-state index is 0.143. The number of amides is 2. The molecule has 0 aliphatic rings. The number of carbonyl (C=O) groups excluding carboxylic acids is 2. The van der Waals surface area contributed by atoms with Crippen LogP contribution in [0.5, 0.6) is 0 Å². The van der Waals surface area contributed by atoms with Gasteiger partial charge in [-0.25, -0.2) is 0 Å². The van der Waals surface area contributed by atoms with Gasteiger partial charge >= 0.3 is 0 Å². The highest BCUT2D eigenvalue weighted by Crippen LogP contribution is 2.15. The van der Waals surface area contributed by atoms with Crippen LogP contribution in [-0.2, 0) is 11.2 Å². The Morgan fingerprint density at radius 3 is 2.48 bits per heavy atom. The number of nitrogens with one attached hydrogen (secondary N) is 2. The van der Waals surface area contributed by atoms with E-state index in [0.29, 0.717) is 11.3 Å². The second kappa shape index (κ2) is 7.81. The highest BCUT2D eigenvalue weighted by Gasteiger charge is 2.12. The van der Waals surface area contributed by atoms with Crippen LogP contribution < -0.4 is 10.6 Å². The molecular weight excluding hydrogens is 288 g/mol. The molecule has 4 nitrogen and oxygen atoms in total. The molecule has 0 spiro atoms. The number of hydrogen-bond donors (Lipinski definition) is 2. The lowest BCUT2D eigenvalue weighted by Crippen LogP contribution is -2.25. The largest absolute Gasteiger partial charge is 0.341 e. The van der Waals surface area contributed by atoms with Gasteiger partial charge in [-0.1, -0.05) is 47.9 Å². The summed E-state index contributed by atoms with van der Waals surface area (Å²) in [5, 5.41) is 5.37. The zero-order chi connectivity index (χ0) is 16.7. The Hall–Kier alpha value is -3.06. The second-order valence-electron chi connectivity index (χ2n) is 5.14. The number of para-hydroxylation sites is 1. The highest BCUT2D eigenvalue weighted by atomic mass is 16.2. The lowest BCUT2D eigenvalue weighted by atomic mass is 10.1. The summed E-state index contributed by atoms with van der Waals surface area (Å²) in [6.45, 7) is 2.14. The summed E-state index contributed by atoms with van der Waals surface area (Å²) in [5.74, 6) is 1.86. The van der Waals surface area contributed by atoms with E-state index >= 15 is 0 Å². The molecule has 2 aromatic rings. The van der Waals surface area contributed by atoms with E-state index < -0.39 is 0 Å². The highest BCUT2D eigenvalue weighted by molar-refractivity contribution is 6.04. The van der Waals surface area contributed by atoms with E-state index in [2.05, 4.69) is 16.6 Å². The third kappa shape index (κ3) is 4.72. The van der Waals surface area contributed by atoms with Gasteiger partial charge < -0.3 is 10.6 Å². The predicted octanol–water partition coefficient (Wildman–Crippen LogP) is 2.54. The molecule has 23 heavy (non-hydrogen) atoms. The monoisotopic (exact) mass is 306 g/mol. The first-order chi connectivity index (χ1) is 11.1. The van der Waals surface area contributed by atoms with Crippen LogP contribution in [0.2, 0.25) is 0 Å². The van der Waals surface area contributed by atoms with E-state index in [0.717, 1.165) is 11.1 Å². The molecule has 0 saturated carbocycles. The Bertz CT molecular complexity index is 743. The summed E-state index contributed by atoms with van der Waals surface area (Å²) in [5.41, 5.74) is 2.92. The molecule has 0 bridgehead atoms. The normalized spacial score (nSPS) is 9.74. The minimum atomic E-state index is -0.311. The number of hydrogen-bond acceptors (Lipinski definition) is 2. The van der Waals surface area contributed by atoms with E-state index in [1.165, 1.54) is 0 Å². The lowest BCUT2D eigenvalue weighted by molar-refractivity contribution is -0.115. The molecule has 0 unspecified atom stereocenters. The van der Waals surface area contributed by atoms with Crippen molar-refractivity contribution in [3.05, 3.63) is 65.2 Å². The fourth-order valence-electron chi connectivity index (χ4n) is 2.10. The van der Waals surface area contributed by atoms with Crippen molar-refractivity contribution in [2.45, 2.75) is 13.3 Å². The fraction of sp³-hybridized carbons (Fsp3) is 0.158. The number of aryl methyl sites for hydroxylation is 1. The van der Waals surface area contributed by atoms with Crippen LogP contribution >= 0.6 is 0 Å². The molecule has 4 heteroatoms. The molecule has 0 radical (unpaired) electrons. The molecular formula is C19H18N2O2. The topological polar surface area (TPSA) is 58.2 Å². The molecule has 0 aliphatic heterocycles. The molecule has 0 atom stereocenters. The summed E-state index contributed by atoms with van der Waals surface area (Å²) < 4.78 is 0. The zero-order valence-corrected chi connectivity index (χ0v) is 12.9. The molecule has 0 fully saturated rings. The van der Waals surface area contributed by atoms with Crippen LogP contribution in [0.15, 0.2) is 48.5 Å². The van der Waals surface area contributed by atoms with Crippen molar-refractivity contribution < 1.29 is 9.59 Å². The standard InChI is InChI=1S/C19H18N2O2/c1-3-12-20-19(23)16-6-4-5-7-17(16)21-18(22)13-15-10-8-14(2)9-11-15/h1,4-11H,12-13H2,2H3,(H,20,23)(H,21,22). The van der Waals surface area contributed by atoms with Crippen molar-refractivity contribution in [1.29, 1.82) is 0 Å². The number of carbonyl (C=O) groups is 2. The van der Waals surface area contributed by atoms with Gasteiger partial charge in [0.1, 0.15) is 0 Å². The van der Waals surface area contributed by atoms with Crippen LogP contribution in [-0.4, -0.2) is 18.4 Å². The van der Waals surface area contributed by atoms with Crippen molar-refractivity contribution in [3.63, 3.8) is 0 Å². The average Bonchev–Trinajstić information content (AvgIpc) is 2.55. The van der Waals surface area contributed by atoms with Gasteiger partial charge in [-0.3, -0.25) is 9.59 Å². The third-order valence-corrected chi connectivity index (χ3v) is 3.28. The SMILES string of the molecule is C#CCNC(=O)c1ccccc1NC(=O)Cc1ccc(C)cc1. The number of rotatable bonds is 5. The Morgan fingerprint density at radius 1 is 1.09 bits per heavy atom. The number of benzene rings is 2. The molecule has 2 N–H and O–H groups in total. The maximum Gasteiger partial charge on any atom is 0.254 e. The fourth-order valence-corrected chi connectivity index (χ4v) is 2.10. The first kappa shape index (κ1) is 16.3. The molecule has 2 amide bonds. The Balaban J connectivity index is 2.07. The number of anilines is 1. The van der Waals surface area contributed by atoms with E-state index in [4.69, 9.17) is 6.42 Å². The maximum atomic E-state index is 12.2. The van der Waals surface area contributed by atoms with Crippen molar-refractivity contribution in [2.24, 2.45) is 0 Å². The van der Waals surface area contributed by atoms with Crippen LogP contribution in [0.3, 0.4) is 0 Å². The van der Waals surface area contributed by atoms with Crippen LogP contribution in [0.1, 0.15) is 21.5 Å². The van der Waals surface area contributed by atoms with Crippen molar-refractivity contribution in [1.82, 2.24) is 5.32 Å². The van der Waals surface area contributed by atoms with Gasteiger partial charge in [-0.05, 0) is 24.6 Å². The second-order valence-corrected chi connectivity index (χ2v) is 5.14. The summed E-state index contributed by atoms with van der Waals surface area (Å²) >= 11 is 0. The minimum Gasteiger partial charge on any atom is -0.341 e. The van der Waals surface area contributed by atoms with E-state index in [1.807, 2.05) is 31.2 Å². The van der Waals surface area contributed by atoms with E-state index in [-0.39, 0.29) is 24.8 Å². The Morgan fingerprint density at radius 2 is 1.78 bits per heavy atom. The lowest BCUT2D eigenvalue weighted by Gasteiger charge is -2.10. The van der Waals surface area contributed by atoms with Gasteiger partial charge in [-0.15, -0.1) is 6.42 Å². The molecule has 0 aromatic heterocycles. The zero-order valence-electron chi connectivity index (χ0n) is 12.9. The summed E-state index contributed by atoms with van der Waals surface area (Å²) in [7, 11) is 0. The summed E-state index contributed by atoms with van der Waals surface area (Å²) in [6.07, 6.45) is 5.39. The molecule has 0 saturated heterocycles. The first-order valence-corrected chi connectivity index (χ1v) is 7.26. The summed E-state index contributed by atoms with van der Waals surface area (Å²) in [4.78, 5) is 24.2. The van der Waals surface area contributed by atoms with Crippen LogP contribution in [0, 0.1) is 19.3 Å². The smallest absolute Gasteiger partial charge is 0.254 e. The molecule has 2 aromatic carbocycles. The number of terminal acetylenes is 1. The van der Waals surface area contributed by atoms with Crippen molar-refractivity contribution >= 4 is 17.5 Å². The van der Waals surface area contributed by atoms with Crippen molar-refractivity contribution in [3.8, 4) is 12.3 Å². The van der Waals surface area contributed by atoms with Gasteiger partial charge in [0.15, 0.2) is 0 Å². The Kier molecular flexibility index (Phi) is 5.54. The van der Waals surface area contributed by atoms with Crippen LogP contribution in [0.4, 0.5) is 5.69 Å². The first-order valence-electron chi connectivity index (χ1n) is 7.26. The average molecular weight is 306 g/mol. The molecule has 0 aliphatic carbocycles. The molecule has 0 heterocycles. The van der Waals surface area contributed by atoms with Crippen LogP contribution in [0.25, 0.3) is 0 Å². The molecule has 116 valence electrons. The van der Waals surface area contributed by atoms with Gasteiger partial charge in [0.2, 0.25) is 5.91 Å². The maximum absolute atomic E-state index is 12.2. The van der Waals surface area contributed by atoms with Gasteiger partial charge in [0.25, 0.3) is 5.91 Å². The summed E-state index contributed by atoms with van der Waals surface area (Å²) in [6, 6.07) is 14.6. The molecule has 2 rings (SSSR count). The predicted molar refractivity (Wildman–Crippen MR) is 91.1 cm³/mol. The van der Waals surface area contributed by atoms with E-state index in [1.54, 1.807) is 24.3 Å². The van der Waals surface area contributed by atoms with Gasteiger partial charge in [0, 0.05) is 0 Å². The third-order valence-electron chi connectivity index (χ3n) is 3.28. The van der Waals surface area contributed by atoms with Gasteiger partial charge in [0.05, 0.1) is 24.2 Å². The van der Waals surface area contributed by atoms with Gasteiger partial charge in [-0.2, -0.15) is 0 Å². The van der Waals surface area contributed by atoms with E-state index in [9.17, 15) is 9.59 Å². The van der Waals surface area contributed by atoms with Crippen molar-refractivity contribution in [2.75, 3.05) is 11.9 Å². The quantitative estimate of drug-likeness (QED) is 0.834.